The van der Waals surface area contributed by atoms with Crippen molar-refractivity contribution in [3.8, 4) is 0 Å². The molecule has 0 spiro atoms. The molecule has 562 valence electrons. The van der Waals surface area contributed by atoms with Crippen molar-refractivity contribution in [2.24, 2.45) is 5.92 Å². The molecule has 104 heavy (non-hydrogen) atoms. The van der Waals surface area contributed by atoms with E-state index in [-0.39, 0.29) is 121 Å². The number of carboxylic acid groups (broad SMARTS) is 6. The maximum absolute atomic E-state index is 11.0. The standard InChI is InChI=1S/C12H11ClN4O2.C11H15ClN4O3.C11H14ClN3O4.C11H14ClN3O3.C8H10ClN3O3.C7H8ClN3O3/c13-9-10(12(18)19)16-7-17-11(9)15-6-3-8-1-4-14-5-2-8;12-8-9(11(18)19)13-7-14-10(8)16-3-1-15(2-4-16)5-6-17;1-11(2)18-4-6(19-11)3-13-9-7(12)8(10(16)17)14-5-15-9;12-8-9(11(17)18)13-6-14-10(8)15-3-1-7(5-16)2-4-15;9-5-6(8(14)15)11-4-12-7(5)10-2-1-3-13;8-4-5(7(13)14)10-3-11-6(4)9-1-2-12/h1-2,4-5,7H,3,6H2,(H,18,19)(H,15,16,17);7,17H,1-6H2,(H,18,19);5-6H,3-4H2,1-2H3,(H,16,17)(H,13,14,15);6-7,16H,1-5H2,(H,17,18);4,13H,1-3H2,(H,14,15)(H,10,11,12);3,12H,1-2H2,(H,13,14)(H,9,10,11). The van der Waals surface area contributed by atoms with Crippen molar-refractivity contribution in [2.75, 3.05) is 136 Å². The maximum atomic E-state index is 11.0. The molecule has 0 radical (unpaired) electrons. The van der Waals surface area contributed by atoms with Crippen LogP contribution in [0.1, 0.15) is 102 Å². The molecule has 10 heterocycles. The molecule has 3 aliphatic heterocycles. The Balaban J connectivity index is 0.000000225. The second-order valence-electron chi connectivity index (χ2n) is 21.8. The molecule has 1 atom stereocenters. The second-order valence-corrected chi connectivity index (χ2v) is 24.0. The molecule has 44 heteroatoms. The first-order valence-corrected chi connectivity index (χ1v) is 33.2. The molecule has 38 nitrogen and oxygen atoms in total. The lowest BCUT2D eigenvalue weighted by molar-refractivity contribution is -0.136. The van der Waals surface area contributed by atoms with E-state index in [9.17, 15) is 28.8 Å². The van der Waals surface area contributed by atoms with E-state index in [0.717, 1.165) is 56.9 Å². The number of carbonyl (C=O) groups is 6. The fourth-order valence-corrected chi connectivity index (χ4v) is 10.7. The number of carboxylic acids is 6. The monoisotopic (exact) mass is 1570 g/mol. The zero-order chi connectivity index (χ0) is 76.5. The molecule has 14 N–H and O–H groups in total. The Morgan fingerprint density at radius 2 is 0.846 bits per heavy atom. The van der Waals surface area contributed by atoms with Crippen molar-refractivity contribution in [3.63, 3.8) is 0 Å². The van der Waals surface area contributed by atoms with E-state index in [0.29, 0.717) is 88.8 Å². The largest absolute Gasteiger partial charge is 0.476 e. The van der Waals surface area contributed by atoms with Crippen LogP contribution in [0.5, 0.6) is 0 Å². The van der Waals surface area contributed by atoms with Crippen molar-refractivity contribution in [1.29, 1.82) is 0 Å². The highest BCUT2D eigenvalue weighted by Crippen LogP contribution is 2.31. The maximum Gasteiger partial charge on any atom is 0.356 e. The van der Waals surface area contributed by atoms with Gasteiger partial charge in [0.15, 0.2) is 51.6 Å². The summed E-state index contributed by atoms with van der Waals surface area (Å²) in [5.74, 6) is -5.44. The van der Waals surface area contributed by atoms with Gasteiger partial charge in [-0.15, -0.1) is 0 Å². The van der Waals surface area contributed by atoms with Crippen molar-refractivity contribution in [3.05, 3.63) is 132 Å². The minimum absolute atomic E-state index is 0.0183. The summed E-state index contributed by atoms with van der Waals surface area (Å²) in [6.45, 7) is 11.1. The summed E-state index contributed by atoms with van der Waals surface area (Å²) in [4.78, 5) is 120. The number of nitrogens with one attached hydrogen (secondary N) is 4. The van der Waals surface area contributed by atoms with E-state index in [4.69, 9.17) is 130 Å². The molecular formula is C60H72Cl6N20O18. The Hall–Kier alpha value is -9.29. The summed E-state index contributed by atoms with van der Waals surface area (Å²) in [6.07, 6.45) is 13.2. The van der Waals surface area contributed by atoms with Gasteiger partial charge in [-0.3, -0.25) is 9.88 Å². The van der Waals surface area contributed by atoms with E-state index in [1.807, 2.05) is 35.8 Å². The first-order chi connectivity index (χ1) is 49.7. The Morgan fingerprint density at radius 3 is 1.21 bits per heavy atom. The number of anilines is 6. The molecule has 0 aliphatic carbocycles. The van der Waals surface area contributed by atoms with E-state index < -0.39 is 41.6 Å². The third kappa shape index (κ3) is 26.8. The summed E-state index contributed by atoms with van der Waals surface area (Å²) in [5, 5.41) is 99.6. The summed E-state index contributed by atoms with van der Waals surface area (Å²) in [6, 6.07) is 3.82. The predicted octanol–water partition coefficient (Wildman–Crippen LogP) is 5.10. The third-order valence-corrected chi connectivity index (χ3v) is 16.4. The number of nitrogens with zero attached hydrogens (tertiary/aromatic N) is 16. The molecule has 7 aromatic rings. The highest BCUT2D eigenvalue weighted by molar-refractivity contribution is 6.37. The number of β-amino-alcohol motifs (C(OH)–C–C–N with tert-alkyl or cyclic N) is 1. The molecule has 0 amide bonds. The van der Waals surface area contributed by atoms with Crippen LogP contribution in [0.25, 0.3) is 0 Å². The number of halogens is 6. The number of aromatic carboxylic acids is 6. The van der Waals surface area contributed by atoms with Crippen LogP contribution < -0.4 is 31.1 Å². The van der Waals surface area contributed by atoms with E-state index in [2.05, 4.69) is 91.0 Å². The van der Waals surface area contributed by atoms with Gasteiger partial charge in [-0.1, -0.05) is 69.6 Å². The number of rotatable bonds is 25. The lowest BCUT2D eigenvalue weighted by atomic mass is 9.98. The zero-order valence-electron chi connectivity index (χ0n) is 55.2. The van der Waals surface area contributed by atoms with Gasteiger partial charge in [-0.05, 0) is 63.1 Å². The highest BCUT2D eigenvalue weighted by Gasteiger charge is 2.33. The summed E-state index contributed by atoms with van der Waals surface area (Å²) < 4.78 is 11.0. The van der Waals surface area contributed by atoms with Crippen LogP contribution in [0.3, 0.4) is 0 Å². The number of piperidine rings is 1. The molecule has 3 aliphatic rings. The van der Waals surface area contributed by atoms with Crippen LogP contribution in [0, 0.1) is 5.92 Å². The predicted molar refractivity (Wildman–Crippen MR) is 377 cm³/mol. The topological polar surface area (TPSA) is 549 Å². The normalized spacial score (nSPS) is 14.5. The zero-order valence-corrected chi connectivity index (χ0v) is 59.8. The van der Waals surface area contributed by atoms with Crippen molar-refractivity contribution >= 4 is 140 Å². The average Bonchev–Trinajstić information content (AvgIpc) is 1.14. The number of aliphatic hydroxyl groups excluding tert-OH is 4. The molecule has 1 unspecified atom stereocenters. The summed E-state index contributed by atoms with van der Waals surface area (Å²) >= 11 is 35.3. The second kappa shape index (κ2) is 43.7. The van der Waals surface area contributed by atoms with Gasteiger partial charge in [-0.25, -0.2) is 88.6 Å². The quantitative estimate of drug-likeness (QED) is 0.0331. The summed E-state index contributed by atoms with van der Waals surface area (Å²) in [7, 11) is 0. The van der Waals surface area contributed by atoms with Crippen molar-refractivity contribution < 1.29 is 89.3 Å². The number of pyridine rings is 1. The van der Waals surface area contributed by atoms with Crippen LogP contribution in [-0.4, -0.2) is 273 Å². The minimum Gasteiger partial charge on any atom is -0.476 e. The third-order valence-electron chi connectivity index (χ3n) is 14.2. The molecule has 3 saturated heterocycles. The van der Waals surface area contributed by atoms with Gasteiger partial charge in [0, 0.05) is 97.6 Å². The Bertz CT molecular complexity index is 3970. The number of ether oxygens (including phenoxy) is 2. The number of aromatic nitrogens is 13. The molecule has 0 saturated carbocycles. The molecule has 0 bridgehead atoms. The van der Waals surface area contributed by atoms with Crippen LogP contribution in [0.2, 0.25) is 30.1 Å². The molecule has 0 aromatic carbocycles. The van der Waals surface area contributed by atoms with Crippen LogP contribution in [0.4, 0.5) is 34.9 Å². The van der Waals surface area contributed by atoms with Gasteiger partial charge in [0.05, 0.1) is 19.8 Å². The van der Waals surface area contributed by atoms with Crippen LogP contribution >= 0.6 is 69.6 Å². The van der Waals surface area contributed by atoms with Crippen LogP contribution in [0.15, 0.2) is 62.5 Å². The average molecular weight is 1570 g/mol. The van der Waals surface area contributed by atoms with Gasteiger partial charge < -0.3 is 91.6 Å². The van der Waals surface area contributed by atoms with Gasteiger partial charge in [0.2, 0.25) is 0 Å². The number of hydrogen-bond acceptors (Lipinski definition) is 32. The highest BCUT2D eigenvalue weighted by atomic mass is 35.5. The fourth-order valence-electron chi connectivity index (χ4n) is 9.09. The molecule has 7 aromatic heterocycles. The first kappa shape index (κ1) is 85.4. The lowest BCUT2D eigenvalue weighted by Gasteiger charge is -2.35. The molecule has 10 rings (SSSR count). The molecule has 3 fully saturated rings. The van der Waals surface area contributed by atoms with Crippen molar-refractivity contribution in [1.82, 2.24) is 69.7 Å². The van der Waals surface area contributed by atoms with Crippen molar-refractivity contribution in [2.45, 2.75) is 51.4 Å². The Kier molecular flexibility index (Phi) is 35.9. The molecular weight excluding hydrogens is 1500 g/mol. The first-order valence-electron chi connectivity index (χ1n) is 30.9. The number of aliphatic hydroxyl groups is 4. The van der Waals surface area contributed by atoms with E-state index >= 15 is 0 Å². The SMILES string of the molecule is CC1(C)OCC(CNc2ncnc(C(=O)O)c2Cl)O1.O=C(O)c1ncnc(N2CCC(CO)CC2)c1Cl.O=C(O)c1ncnc(N2CCN(CCO)CC2)c1Cl.O=C(O)c1ncnc(NCCCO)c1Cl.O=C(O)c1ncnc(NCCO)c1Cl.O=C(O)c1ncnc(NCCc2ccncc2)c1Cl. The number of hydrogen-bond donors (Lipinski definition) is 14. The Morgan fingerprint density at radius 1 is 0.471 bits per heavy atom. The Labute approximate surface area is 621 Å². The minimum atomic E-state index is -1.22. The van der Waals surface area contributed by atoms with Gasteiger partial charge in [0.1, 0.15) is 97.5 Å². The van der Waals surface area contributed by atoms with Crippen LogP contribution in [-0.2, 0) is 15.9 Å². The number of piperazine rings is 1. The lowest BCUT2D eigenvalue weighted by Crippen LogP contribution is -2.47. The van der Waals surface area contributed by atoms with Gasteiger partial charge in [0.25, 0.3) is 0 Å². The summed E-state index contributed by atoms with van der Waals surface area (Å²) in [5.41, 5.74) is -0.173. The van der Waals surface area contributed by atoms with E-state index in [1.165, 1.54) is 19.0 Å². The van der Waals surface area contributed by atoms with Gasteiger partial charge >= 0.3 is 35.8 Å². The van der Waals surface area contributed by atoms with Gasteiger partial charge in [-0.2, -0.15) is 0 Å². The smallest absolute Gasteiger partial charge is 0.356 e. The fraction of sp³-hybridized carbons (Fsp3) is 0.417. The van der Waals surface area contributed by atoms with E-state index in [1.54, 1.807) is 12.4 Å².